The Hall–Kier alpha value is 0.836. The quantitative estimate of drug-likeness (QED) is 0.453. The Kier molecular flexibility index (Phi) is 8.69. The van der Waals surface area contributed by atoms with Crippen molar-refractivity contribution in [3.8, 4) is 0 Å². The Morgan fingerprint density at radius 2 is 1.37 bits per heavy atom. The minimum atomic E-state index is -2.30. The zero-order valence-corrected chi connectivity index (χ0v) is 18.2. The van der Waals surface area contributed by atoms with E-state index in [4.69, 9.17) is 0 Å². The van der Waals surface area contributed by atoms with Gasteiger partial charge < -0.3 is 24.8 Å². The summed E-state index contributed by atoms with van der Waals surface area (Å²) in [5, 5.41) is 0. The Morgan fingerprint density at radius 1 is 0.947 bits per heavy atom. The molecule has 0 N–H and O–H groups in total. The Bertz CT molecular complexity index is 519. The molecule has 0 spiro atoms. The fourth-order valence-corrected chi connectivity index (χ4v) is 50.0. The van der Waals surface area contributed by atoms with Crippen LogP contribution in [0.2, 0.25) is 11.5 Å². The van der Waals surface area contributed by atoms with Crippen molar-refractivity contribution in [1.29, 1.82) is 0 Å². The van der Waals surface area contributed by atoms with E-state index in [1.807, 2.05) is 9.77 Å². The number of halogens is 2. The molecule has 0 amide bonds. The first-order chi connectivity index (χ1) is 8.10. The van der Waals surface area contributed by atoms with Crippen molar-refractivity contribution >= 4 is 13.2 Å². The number of rotatable bonds is 2. The summed E-state index contributed by atoms with van der Waals surface area (Å²) in [4.78, 5) is 0. The molecule has 0 aromatic heterocycles. The van der Waals surface area contributed by atoms with Crippen LogP contribution < -0.4 is 24.8 Å². The SMILES string of the molecule is C[C](C)=[Zr+2]([C]1=CC=CC1)([C]1=CC=CC1)=[Ge]([CH3])[CH3].[Cl-].[Cl-]. The Balaban J connectivity index is 0.00000162. The van der Waals surface area contributed by atoms with E-state index in [-0.39, 0.29) is 24.8 Å². The van der Waals surface area contributed by atoms with Crippen LogP contribution in [0.4, 0.5) is 0 Å². The van der Waals surface area contributed by atoms with Crippen molar-refractivity contribution in [2.24, 2.45) is 0 Å². The third-order valence-corrected chi connectivity index (χ3v) is 50.7. The summed E-state index contributed by atoms with van der Waals surface area (Å²) in [5.41, 5.74) is 0. The molecule has 0 saturated carbocycles. The molecule has 0 aromatic rings. The average Bonchev–Trinajstić information content (AvgIpc) is 2.88. The van der Waals surface area contributed by atoms with Crippen LogP contribution in [0.3, 0.4) is 0 Å². The van der Waals surface area contributed by atoms with Gasteiger partial charge in [-0.3, -0.25) is 0 Å². The number of allylic oxidation sites excluding steroid dienone is 8. The second-order valence-electron chi connectivity index (χ2n) is 5.40. The standard InChI is InChI=1S/2C5H5.C3H6.C2H6Ge.2ClH.Zr/c2*1-2-4-5-3-1;2*1-3-2;;;/h2*1-3H,4H2;2*1-2H3;2*1H;/q;;;;;;+2/p-2. The van der Waals surface area contributed by atoms with Crippen LogP contribution in [-0.4, -0.2) is 13.2 Å². The van der Waals surface area contributed by atoms with Crippen LogP contribution in [0, 0.1) is 0 Å². The first-order valence-electron chi connectivity index (χ1n) is 6.43. The van der Waals surface area contributed by atoms with Crippen molar-refractivity contribution in [2.75, 3.05) is 0 Å². The van der Waals surface area contributed by atoms with Crippen LogP contribution in [0.15, 0.2) is 43.0 Å². The van der Waals surface area contributed by atoms with Crippen LogP contribution in [-0.2, 0) is 16.7 Å². The van der Waals surface area contributed by atoms with Gasteiger partial charge >= 0.3 is 111 Å². The average molecular weight is 437 g/mol. The molecule has 0 aromatic carbocycles. The molecule has 2 aliphatic carbocycles. The van der Waals surface area contributed by atoms with E-state index in [0.29, 0.717) is 0 Å². The molecule has 0 radical (unpaired) electrons. The largest absolute Gasteiger partial charge is 1.00 e. The first-order valence-corrected chi connectivity index (χ1v) is 21.8. The van der Waals surface area contributed by atoms with Crippen LogP contribution in [0.5, 0.6) is 0 Å². The van der Waals surface area contributed by atoms with E-state index in [1.165, 1.54) is 12.8 Å². The molecular weight excluding hydrogens is 415 g/mol. The predicted molar refractivity (Wildman–Crippen MR) is 77.5 cm³/mol. The maximum Gasteiger partial charge on any atom is -1.00 e. The van der Waals surface area contributed by atoms with Crippen molar-refractivity contribution in [3.63, 3.8) is 0 Å². The summed E-state index contributed by atoms with van der Waals surface area (Å²) in [7, 11) is -0.920. The van der Waals surface area contributed by atoms with E-state index in [9.17, 15) is 0 Å². The normalized spacial score (nSPS) is 14.7. The van der Waals surface area contributed by atoms with Gasteiger partial charge in [0.2, 0.25) is 0 Å². The van der Waals surface area contributed by atoms with Gasteiger partial charge in [-0.1, -0.05) is 0 Å². The van der Waals surface area contributed by atoms with Crippen LogP contribution in [0.1, 0.15) is 26.7 Å². The topological polar surface area (TPSA) is 0 Å². The Labute approximate surface area is 134 Å². The fraction of sp³-hybridized carbons (Fsp3) is 0.400. The van der Waals surface area contributed by atoms with Gasteiger partial charge in [0, 0.05) is 0 Å². The van der Waals surface area contributed by atoms with Gasteiger partial charge in [-0.15, -0.1) is 0 Å². The van der Waals surface area contributed by atoms with Crippen LogP contribution in [0.25, 0.3) is 0 Å². The second-order valence-corrected chi connectivity index (χ2v) is 41.0. The smallest absolute Gasteiger partial charge is 1.00 e. The number of hydrogen-bond donors (Lipinski definition) is 0. The van der Waals surface area contributed by atoms with Gasteiger partial charge in [-0.25, -0.2) is 0 Å². The van der Waals surface area contributed by atoms with Gasteiger partial charge in [-0.05, 0) is 0 Å². The van der Waals surface area contributed by atoms with E-state index in [0.717, 1.165) is 0 Å². The molecular formula is C15H22Cl2GeZr. The molecule has 0 unspecified atom stereocenters. The summed E-state index contributed by atoms with van der Waals surface area (Å²) < 4.78 is 5.52. The zero-order chi connectivity index (χ0) is 12.5. The van der Waals surface area contributed by atoms with Gasteiger partial charge in [0.15, 0.2) is 0 Å². The van der Waals surface area contributed by atoms with Gasteiger partial charge in [-0.2, -0.15) is 0 Å². The molecule has 0 bridgehead atoms. The summed E-state index contributed by atoms with van der Waals surface area (Å²) in [5.74, 6) is 5.22. The monoisotopic (exact) mass is 436 g/mol. The summed E-state index contributed by atoms with van der Waals surface area (Å²) >= 11 is -2.30. The van der Waals surface area contributed by atoms with Gasteiger partial charge in [0.25, 0.3) is 0 Å². The molecule has 4 heteroatoms. The maximum atomic E-state index is 2.61. The second kappa shape index (κ2) is 8.32. The summed E-state index contributed by atoms with van der Waals surface area (Å²) in [6, 6.07) is 0. The summed E-state index contributed by atoms with van der Waals surface area (Å²) in [6.45, 7) is 4.85. The van der Waals surface area contributed by atoms with Crippen molar-refractivity contribution in [1.82, 2.24) is 0 Å². The van der Waals surface area contributed by atoms with E-state index in [1.54, 1.807) is 0 Å². The van der Waals surface area contributed by atoms with Crippen molar-refractivity contribution < 1.29 is 41.5 Å². The van der Waals surface area contributed by atoms with Crippen molar-refractivity contribution in [2.45, 2.75) is 38.2 Å². The summed E-state index contributed by atoms with van der Waals surface area (Å²) in [6.07, 6.45) is 16.7. The molecule has 0 atom stereocenters. The van der Waals surface area contributed by atoms with Crippen LogP contribution >= 0.6 is 0 Å². The molecule has 0 fully saturated rings. The van der Waals surface area contributed by atoms with Gasteiger partial charge in [0.1, 0.15) is 0 Å². The van der Waals surface area contributed by atoms with Crippen molar-refractivity contribution in [3.05, 3.63) is 43.0 Å². The number of hydrogen-bond acceptors (Lipinski definition) is 0. The molecule has 0 aliphatic heterocycles. The Morgan fingerprint density at radius 3 is 1.58 bits per heavy atom. The molecule has 0 heterocycles. The van der Waals surface area contributed by atoms with Gasteiger partial charge in [0.05, 0.1) is 0 Å². The van der Waals surface area contributed by atoms with E-state index in [2.05, 4.69) is 61.8 Å². The molecule has 0 nitrogen and oxygen atoms in total. The maximum absolute atomic E-state index is 2.61. The molecule has 2 rings (SSSR count). The van der Waals surface area contributed by atoms with E-state index >= 15 is 0 Å². The molecule has 0 saturated heterocycles. The fourth-order valence-electron chi connectivity index (χ4n) is 3.44. The zero-order valence-electron chi connectivity index (χ0n) is 12.1. The predicted octanol–water partition coefficient (Wildman–Crippen LogP) is -1.70. The minimum absolute atomic E-state index is 0. The molecule has 104 valence electrons. The minimum Gasteiger partial charge on any atom is -1.00 e. The molecule has 19 heavy (non-hydrogen) atoms. The third kappa shape index (κ3) is 3.54. The third-order valence-electron chi connectivity index (χ3n) is 4.01. The first kappa shape index (κ1) is 19.8. The van der Waals surface area contributed by atoms with E-state index < -0.39 is 26.6 Å². The molecule has 2 aliphatic rings.